The van der Waals surface area contributed by atoms with E-state index in [1.165, 1.54) is 24.0 Å². The van der Waals surface area contributed by atoms with E-state index in [0.717, 1.165) is 12.0 Å². The quantitative estimate of drug-likeness (QED) is 0.765. The van der Waals surface area contributed by atoms with Crippen molar-refractivity contribution in [2.75, 3.05) is 0 Å². The predicted molar refractivity (Wildman–Crippen MR) is 72.8 cm³/mol. The zero-order chi connectivity index (χ0) is 12.8. The van der Waals surface area contributed by atoms with Crippen LogP contribution in [0.1, 0.15) is 64.2 Å². The smallest absolute Gasteiger partial charge is 0.119 e. The second-order valence-electron chi connectivity index (χ2n) is 6.65. The summed E-state index contributed by atoms with van der Waals surface area (Å²) < 4.78 is 0. The van der Waals surface area contributed by atoms with Crippen LogP contribution < -0.4 is 0 Å². The van der Waals surface area contributed by atoms with Crippen LogP contribution in [0.3, 0.4) is 0 Å². The van der Waals surface area contributed by atoms with Gasteiger partial charge in [0.25, 0.3) is 0 Å². The van der Waals surface area contributed by atoms with E-state index in [0.29, 0.717) is 5.75 Å². The molecule has 0 unspecified atom stereocenters. The Morgan fingerprint density at radius 3 is 1.94 bits per heavy atom. The zero-order valence-corrected chi connectivity index (χ0v) is 11.7. The van der Waals surface area contributed by atoms with Crippen LogP contribution >= 0.6 is 0 Å². The van der Waals surface area contributed by atoms with E-state index >= 15 is 0 Å². The van der Waals surface area contributed by atoms with Crippen LogP contribution in [-0.4, -0.2) is 5.11 Å². The normalized spacial score (nSPS) is 21.0. The fourth-order valence-corrected chi connectivity index (χ4v) is 2.93. The standard InChI is InChI=1S/C16H24O/c1-6-11-9-12-13(10-14(11)17)16(4,5)8-7-15(12,2)3/h9-10,17H,6-8H2,1-5H3. The summed E-state index contributed by atoms with van der Waals surface area (Å²) in [4.78, 5) is 0. The van der Waals surface area contributed by atoms with E-state index in [4.69, 9.17) is 0 Å². The Labute approximate surface area is 105 Å². The van der Waals surface area contributed by atoms with E-state index in [1.807, 2.05) is 6.07 Å². The maximum atomic E-state index is 10.1. The lowest BCUT2D eigenvalue weighted by molar-refractivity contribution is 0.329. The largest absolute Gasteiger partial charge is 0.508 e. The summed E-state index contributed by atoms with van der Waals surface area (Å²) in [5.74, 6) is 0.469. The summed E-state index contributed by atoms with van der Waals surface area (Å²) in [5.41, 5.74) is 4.28. The Balaban J connectivity index is 2.68. The highest BCUT2D eigenvalue weighted by Gasteiger charge is 2.37. The number of fused-ring (bicyclic) bond motifs is 1. The van der Waals surface area contributed by atoms with Gasteiger partial charge < -0.3 is 5.11 Å². The van der Waals surface area contributed by atoms with Crippen molar-refractivity contribution in [1.29, 1.82) is 0 Å². The summed E-state index contributed by atoms with van der Waals surface area (Å²) in [5, 5.41) is 10.1. The lowest BCUT2D eigenvalue weighted by atomic mass is 9.63. The molecule has 2 rings (SSSR count). The number of phenolic OH excluding ortho intramolecular Hbond substituents is 1. The molecule has 0 spiro atoms. The molecule has 0 fully saturated rings. The number of hydrogen-bond donors (Lipinski definition) is 1. The van der Waals surface area contributed by atoms with Gasteiger partial charge in [0, 0.05) is 0 Å². The van der Waals surface area contributed by atoms with Crippen molar-refractivity contribution in [2.45, 2.75) is 64.7 Å². The van der Waals surface area contributed by atoms with Crippen LogP contribution in [0.2, 0.25) is 0 Å². The molecule has 0 heterocycles. The summed E-state index contributed by atoms with van der Waals surface area (Å²) in [7, 11) is 0. The van der Waals surface area contributed by atoms with Crippen molar-refractivity contribution in [3.63, 3.8) is 0 Å². The lowest BCUT2D eigenvalue weighted by Gasteiger charge is -2.42. The molecular formula is C16H24O. The minimum Gasteiger partial charge on any atom is -0.508 e. The maximum absolute atomic E-state index is 10.1. The Morgan fingerprint density at radius 2 is 1.47 bits per heavy atom. The first-order valence-electron chi connectivity index (χ1n) is 6.65. The van der Waals surface area contributed by atoms with Crippen LogP contribution in [0.4, 0.5) is 0 Å². The molecule has 0 amide bonds. The van der Waals surface area contributed by atoms with Gasteiger partial charge in [0.2, 0.25) is 0 Å². The molecular weight excluding hydrogens is 208 g/mol. The van der Waals surface area contributed by atoms with Crippen LogP contribution in [0.25, 0.3) is 0 Å². The van der Waals surface area contributed by atoms with E-state index in [2.05, 4.69) is 40.7 Å². The van der Waals surface area contributed by atoms with Crippen molar-refractivity contribution in [3.8, 4) is 5.75 Å². The van der Waals surface area contributed by atoms with Gasteiger partial charge in [-0.3, -0.25) is 0 Å². The third kappa shape index (κ3) is 1.96. The molecule has 1 aromatic rings. The highest BCUT2D eigenvalue weighted by atomic mass is 16.3. The Hall–Kier alpha value is -0.980. The van der Waals surface area contributed by atoms with E-state index < -0.39 is 0 Å². The molecule has 1 N–H and O–H groups in total. The average molecular weight is 232 g/mol. The molecule has 0 saturated carbocycles. The maximum Gasteiger partial charge on any atom is 0.119 e. The molecule has 0 radical (unpaired) electrons. The van der Waals surface area contributed by atoms with Crippen molar-refractivity contribution in [1.82, 2.24) is 0 Å². The van der Waals surface area contributed by atoms with Gasteiger partial charge in [0.1, 0.15) is 5.75 Å². The van der Waals surface area contributed by atoms with Crippen LogP contribution in [0.15, 0.2) is 12.1 Å². The SMILES string of the molecule is CCc1cc2c(cc1O)C(C)(C)CCC2(C)C. The highest BCUT2D eigenvalue weighted by Crippen LogP contribution is 2.47. The number of hydrogen-bond acceptors (Lipinski definition) is 1. The molecule has 1 aromatic carbocycles. The third-order valence-corrected chi connectivity index (χ3v) is 4.43. The topological polar surface area (TPSA) is 20.2 Å². The molecule has 94 valence electrons. The van der Waals surface area contributed by atoms with Crippen LogP contribution in [-0.2, 0) is 17.3 Å². The molecule has 0 saturated heterocycles. The number of aryl methyl sites for hydroxylation is 1. The van der Waals surface area contributed by atoms with Gasteiger partial charge in [-0.1, -0.05) is 40.7 Å². The van der Waals surface area contributed by atoms with Crippen molar-refractivity contribution < 1.29 is 5.11 Å². The van der Waals surface area contributed by atoms with Gasteiger partial charge in [-0.15, -0.1) is 0 Å². The zero-order valence-electron chi connectivity index (χ0n) is 11.7. The predicted octanol–water partition coefficient (Wildman–Crippen LogP) is 4.30. The second-order valence-corrected chi connectivity index (χ2v) is 6.65. The van der Waals surface area contributed by atoms with Crippen molar-refractivity contribution in [2.24, 2.45) is 0 Å². The van der Waals surface area contributed by atoms with Crippen LogP contribution in [0, 0.1) is 0 Å². The molecule has 0 aliphatic heterocycles. The number of rotatable bonds is 1. The first kappa shape index (κ1) is 12.5. The molecule has 1 nitrogen and oxygen atoms in total. The van der Waals surface area contributed by atoms with Crippen molar-refractivity contribution in [3.05, 3.63) is 28.8 Å². The molecule has 1 heteroatoms. The van der Waals surface area contributed by atoms with Gasteiger partial charge in [0.05, 0.1) is 0 Å². The fraction of sp³-hybridized carbons (Fsp3) is 0.625. The molecule has 1 aliphatic carbocycles. The first-order chi connectivity index (χ1) is 7.78. The van der Waals surface area contributed by atoms with Crippen molar-refractivity contribution >= 4 is 0 Å². The molecule has 0 bridgehead atoms. The van der Waals surface area contributed by atoms with E-state index in [-0.39, 0.29) is 10.8 Å². The highest BCUT2D eigenvalue weighted by molar-refractivity contribution is 5.49. The third-order valence-electron chi connectivity index (χ3n) is 4.43. The van der Waals surface area contributed by atoms with Gasteiger partial charge in [-0.05, 0) is 52.8 Å². The summed E-state index contributed by atoms with van der Waals surface area (Å²) in [6, 6.07) is 4.24. The minimum atomic E-state index is 0.189. The van der Waals surface area contributed by atoms with E-state index in [1.54, 1.807) is 0 Å². The van der Waals surface area contributed by atoms with Gasteiger partial charge in [0.15, 0.2) is 0 Å². The Bertz CT molecular complexity index is 441. The number of benzene rings is 1. The average Bonchev–Trinajstić information content (AvgIpc) is 2.24. The monoisotopic (exact) mass is 232 g/mol. The van der Waals surface area contributed by atoms with Gasteiger partial charge in [-0.25, -0.2) is 0 Å². The molecule has 0 atom stereocenters. The number of phenols is 1. The fourth-order valence-electron chi connectivity index (χ4n) is 2.93. The number of aromatic hydroxyl groups is 1. The summed E-state index contributed by atoms with van der Waals surface area (Å²) in [6.07, 6.45) is 3.31. The van der Waals surface area contributed by atoms with Gasteiger partial charge in [-0.2, -0.15) is 0 Å². The molecule has 1 aliphatic rings. The minimum absolute atomic E-state index is 0.189. The molecule has 17 heavy (non-hydrogen) atoms. The van der Waals surface area contributed by atoms with Crippen LogP contribution in [0.5, 0.6) is 5.75 Å². The van der Waals surface area contributed by atoms with Gasteiger partial charge >= 0.3 is 0 Å². The van der Waals surface area contributed by atoms with E-state index in [9.17, 15) is 5.11 Å². The summed E-state index contributed by atoms with van der Waals surface area (Å²) >= 11 is 0. The Kier molecular flexibility index (Phi) is 2.76. The Morgan fingerprint density at radius 1 is 1.00 bits per heavy atom. The lowest BCUT2D eigenvalue weighted by Crippen LogP contribution is -2.33. The first-order valence-corrected chi connectivity index (χ1v) is 6.65. The second kappa shape index (κ2) is 3.76. The molecule has 0 aromatic heterocycles. The summed E-state index contributed by atoms with van der Waals surface area (Å²) in [6.45, 7) is 11.3.